The third kappa shape index (κ3) is 11.2. The van der Waals surface area contributed by atoms with Crippen LogP contribution in [-0.2, 0) is 0 Å². The van der Waals surface area contributed by atoms with E-state index in [9.17, 15) is 0 Å². The molecule has 11 heteroatoms. The topological polar surface area (TPSA) is 0 Å². The van der Waals surface area contributed by atoms with Crippen molar-refractivity contribution in [2.75, 3.05) is 0 Å². The Hall–Kier alpha value is 2.97. The van der Waals surface area contributed by atoms with E-state index < -0.39 is 18.7 Å². The first-order valence-corrected chi connectivity index (χ1v) is 17.8. The summed E-state index contributed by atoms with van der Waals surface area (Å²) in [6, 6.07) is -5.66. The molecule has 0 aliphatic heterocycles. The van der Waals surface area contributed by atoms with Gasteiger partial charge in [-0.15, -0.1) is 88.6 Å². The summed E-state index contributed by atoms with van der Waals surface area (Å²) in [5.41, 5.74) is 0.378. The molecule has 0 bridgehead atoms. The second kappa shape index (κ2) is 5.54. The van der Waals surface area contributed by atoms with Gasteiger partial charge in [0.15, 0.2) is 0 Å². The lowest BCUT2D eigenvalue weighted by atomic mass is 11.8. The van der Waals surface area contributed by atoms with Gasteiger partial charge in [-0.3, -0.25) is 0 Å². The molecule has 0 aromatic rings. The minimum Gasteiger partial charge on any atom is -0.146 e. The highest BCUT2D eigenvalue weighted by molar-refractivity contribution is 7.73. The van der Waals surface area contributed by atoms with Crippen LogP contribution in [0.5, 0.6) is 0 Å². The number of hydrogen-bond acceptors (Lipinski definition) is 0. The first kappa shape index (κ1) is 16.0. The van der Waals surface area contributed by atoms with Crippen molar-refractivity contribution in [3.8, 4) is 0 Å². The first-order valence-electron chi connectivity index (χ1n) is 2.93. The second-order valence-electron chi connectivity index (χ2n) is 2.44. The molecule has 0 rings (SSSR count). The lowest BCUT2D eigenvalue weighted by molar-refractivity contribution is 1.80. The van der Waals surface area contributed by atoms with Crippen molar-refractivity contribution < 1.29 is 0 Å². The van der Waals surface area contributed by atoms with E-state index in [-0.39, 0.29) is 11.3 Å². The molecule has 0 aliphatic rings. The highest BCUT2D eigenvalue weighted by Crippen LogP contribution is 2.42. The van der Waals surface area contributed by atoms with E-state index >= 15 is 0 Å². The van der Waals surface area contributed by atoms with Gasteiger partial charge in [0.1, 0.15) is 0 Å². The van der Waals surface area contributed by atoms with Crippen LogP contribution in [0.3, 0.4) is 0 Å². The van der Waals surface area contributed by atoms with Crippen LogP contribution in [0.15, 0.2) is 0 Å². The second-order valence-corrected chi connectivity index (χ2v) is 29.5. The van der Waals surface area contributed by atoms with Crippen molar-refractivity contribution in [1.82, 2.24) is 0 Å². The van der Waals surface area contributed by atoms with E-state index in [1.165, 1.54) is 0 Å². The lowest BCUT2D eigenvalue weighted by Crippen LogP contribution is -2.34. The largest absolute Gasteiger partial charge is 0.341 e. The van der Waals surface area contributed by atoms with E-state index in [4.69, 9.17) is 88.6 Å². The average Bonchev–Trinajstić information content (AvgIpc) is 1.43. The summed E-state index contributed by atoms with van der Waals surface area (Å²) in [7, 11) is 0. The van der Waals surface area contributed by atoms with Gasteiger partial charge in [0.25, 0.3) is 6.69 Å². The standard InChI is InChI=1S/C2H4Cl8Si3/c3-11(4,1-12(5,6)7)2-13(8,9)10/h1-2H2. The van der Waals surface area contributed by atoms with Crippen molar-refractivity contribution in [3.63, 3.8) is 0 Å². The third-order valence-corrected chi connectivity index (χ3v) is 20.3. The molecule has 0 amide bonds. The molecule has 0 saturated heterocycles. The summed E-state index contributed by atoms with van der Waals surface area (Å²) in [6.45, 7) is -2.70. The van der Waals surface area contributed by atoms with Crippen LogP contribution in [0.1, 0.15) is 0 Å². The zero-order valence-corrected chi connectivity index (χ0v) is 15.0. The fraction of sp³-hybridized carbons (Fsp3) is 1.00. The molecule has 0 aliphatic carbocycles. The molecule has 80 valence electrons. The molecular formula is C2H4Cl8Si3. The molecule has 13 heavy (non-hydrogen) atoms. The SMILES string of the molecule is Cl[Si](Cl)(Cl)C[Si](Cl)(Cl)C[Si](Cl)(Cl)Cl. The Bertz CT molecular complexity index is 149. The Labute approximate surface area is 117 Å². The van der Waals surface area contributed by atoms with E-state index in [1.54, 1.807) is 0 Å². The molecule has 0 fully saturated rings. The maximum atomic E-state index is 5.97. The van der Waals surface area contributed by atoms with Gasteiger partial charge in [-0.05, 0) is 0 Å². The van der Waals surface area contributed by atoms with Crippen molar-refractivity contribution in [1.29, 1.82) is 0 Å². The van der Waals surface area contributed by atoms with Crippen molar-refractivity contribution in [3.05, 3.63) is 0 Å². The fourth-order valence-corrected chi connectivity index (χ4v) is 33.9. The molecule has 0 heterocycles. The minimum atomic E-state index is -2.83. The van der Waals surface area contributed by atoms with E-state index in [0.29, 0.717) is 0 Å². The molecule has 0 nitrogen and oxygen atoms in total. The van der Waals surface area contributed by atoms with Gasteiger partial charge in [0.05, 0.1) is 0 Å². The van der Waals surface area contributed by atoms with Crippen LogP contribution in [0, 0.1) is 0 Å². The normalized spacial score (nSPS) is 14.8. The van der Waals surface area contributed by atoms with Gasteiger partial charge in [-0.2, -0.15) is 0 Å². The highest BCUT2D eigenvalue weighted by Gasteiger charge is 2.46. The van der Waals surface area contributed by atoms with Crippen LogP contribution in [0.2, 0.25) is 11.3 Å². The van der Waals surface area contributed by atoms with Gasteiger partial charge >= 0.3 is 12.0 Å². The van der Waals surface area contributed by atoms with Crippen LogP contribution in [0.25, 0.3) is 0 Å². The smallest absolute Gasteiger partial charge is 0.146 e. The first-order chi connectivity index (χ1) is 5.41. The summed E-state index contributed by atoms with van der Waals surface area (Å²) < 4.78 is 0. The van der Waals surface area contributed by atoms with Crippen LogP contribution >= 0.6 is 88.6 Å². The summed E-state index contributed by atoms with van der Waals surface area (Å²) in [5.74, 6) is 0. The molecule has 0 spiro atoms. The van der Waals surface area contributed by atoms with Gasteiger partial charge in [0, 0.05) is 11.3 Å². The highest BCUT2D eigenvalue weighted by atomic mass is 35.8. The Morgan fingerprint density at radius 1 is 0.538 bits per heavy atom. The van der Waals surface area contributed by atoms with E-state index in [2.05, 4.69) is 0 Å². The Morgan fingerprint density at radius 2 is 0.769 bits per heavy atom. The third-order valence-electron chi connectivity index (χ3n) is 0.918. The number of rotatable bonds is 4. The summed E-state index contributed by atoms with van der Waals surface area (Å²) >= 11 is 46.0. The van der Waals surface area contributed by atoms with Crippen LogP contribution < -0.4 is 0 Å². The van der Waals surface area contributed by atoms with E-state index in [0.717, 1.165) is 0 Å². The average molecular weight is 396 g/mol. The van der Waals surface area contributed by atoms with Crippen molar-refractivity contribution in [2.45, 2.75) is 11.3 Å². The summed E-state index contributed by atoms with van der Waals surface area (Å²) in [4.78, 5) is 0. The van der Waals surface area contributed by atoms with Gasteiger partial charge < -0.3 is 0 Å². The zero-order chi connectivity index (χ0) is 10.9. The summed E-state index contributed by atoms with van der Waals surface area (Å²) in [6.07, 6.45) is 0. The zero-order valence-electron chi connectivity index (χ0n) is 5.94. The monoisotopic (exact) mass is 392 g/mol. The molecule has 0 aromatic carbocycles. The maximum Gasteiger partial charge on any atom is 0.341 e. The number of halogens is 8. The van der Waals surface area contributed by atoms with Crippen molar-refractivity contribution >= 4 is 107 Å². The molecule has 0 N–H and O–H groups in total. The Morgan fingerprint density at radius 3 is 0.923 bits per heavy atom. The van der Waals surface area contributed by atoms with Crippen LogP contribution in [-0.4, -0.2) is 18.7 Å². The van der Waals surface area contributed by atoms with E-state index in [1.807, 2.05) is 0 Å². The van der Waals surface area contributed by atoms with Gasteiger partial charge in [-0.25, -0.2) is 0 Å². The summed E-state index contributed by atoms with van der Waals surface area (Å²) in [5, 5.41) is 0. The molecule has 0 unspecified atom stereocenters. The predicted octanol–water partition coefficient (Wildman–Crippen LogP) is 5.30. The molecule has 0 aromatic heterocycles. The lowest BCUT2D eigenvalue weighted by Gasteiger charge is -2.21. The maximum absolute atomic E-state index is 5.97. The Balaban J connectivity index is 4.25. The van der Waals surface area contributed by atoms with Crippen LogP contribution in [0.4, 0.5) is 0 Å². The number of hydrogen-bond donors (Lipinski definition) is 0. The quantitative estimate of drug-likeness (QED) is 0.448. The molecule has 0 atom stereocenters. The fourth-order valence-electron chi connectivity index (χ4n) is 0.649. The van der Waals surface area contributed by atoms with Gasteiger partial charge in [-0.1, -0.05) is 0 Å². The van der Waals surface area contributed by atoms with Gasteiger partial charge in [0.2, 0.25) is 0 Å². The minimum absolute atomic E-state index is 0.189. The molecular weight excluding hydrogens is 392 g/mol. The molecule has 0 radical (unpaired) electrons. The predicted molar refractivity (Wildman–Crippen MR) is 73.7 cm³/mol. The van der Waals surface area contributed by atoms with Crippen molar-refractivity contribution in [2.24, 2.45) is 0 Å². The Kier molecular flexibility index (Phi) is 6.80. The molecule has 0 saturated carbocycles.